The quantitative estimate of drug-likeness (QED) is 0.747. The molecule has 0 atom stereocenters. The highest BCUT2D eigenvalue weighted by Crippen LogP contribution is 2.43. The van der Waals surface area contributed by atoms with Crippen LogP contribution < -0.4 is 15.6 Å². The van der Waals surface area contributed by atoms with Gasteiger partial charge in [-0.1, -0.05) is 36.4 Å². The molecule has 0 radical (unpaired) electrons. The smallest absolute Gasteiger partial charge is 0.267 e. The second kappa shape index (κ2) is 7.20. The molecule has 2 heterocycles. The number of nitrogens with zero attached hydrogens (tertiary/aromatic N) is 2. The van der Waals surface area contributed by atoms with Crippen molar-refractivity contribution in [2.24, 2.45) is 0 Å². The van der Waals surface area contributed by atoms with Crippen LogP contribution in [0.15, 0.2) is 59.4 Å². The number of carbonyl (C=O) groups is 1. The SMILES string of the molecule is O=C(NCCn1nc2c(cc1=O)CCC2)C1c2ccccc2Oc2ccccc21. The average Bonchev–Trinajstić information content (AvgIpc) is 3.19. The fraction of sp³-hybridized carbons (Fsp3) is 0.261. The minimum Gasteiger partial charge on any atom is -0.457 e. The Morgan fingerprint density at radius 3 is 2.48 bits per heavy atom. The maximum atomic E-state index is 13.1. The largest absolute Gasteiger partial charge is 0.457 e. The molecule has 3 aromatic rings. The first kappa shape index (κ1) is 17.7. The normalized spacial score (nSPS) is 14.5. The standard InChI is InChI=1S/C23H21N3O3/c27-21-14-15-6-5-9-18(15)25-26(21)13-12-24-23(28)22-16-7-1-3-10-19(16)29-20-11-4-2-8-17(20)22/h1-4,7-8,10-11,14,22H,5-6,9,12-13H2,(H,24,28). The first-order valence-electron chi connectivity index (χ1n) is 9.94. The van der Waals surface area contributed by atoms with Gasteiger partial charge in [0.05, 0.1) is 18.2 Å². The Labute approximate surface area is 168 Å². The first-order chi connectivity index (χ1) is 14.2. The van der Waals surface area contributed by atoms with Crippen LogP contribution >= 0.6 is 0 Å². The van der Waals surface area contributed by atoms with Crippen LogP contribution in [0.4, 0.5) is 0 Å². The van der Waals surface area contributed by atoms with Crippen molar-refractivity contribution >= 4 is 5.91 Å². The van der Waals surface area contributed by atoms with E-state index in [1.807, 2.05) is 48.5 Å². The summed E-state index contributed by atoms with van der Waals surface area (Å²) < 4.78 is 7.41. The van der Waals surface area contributed by atoms with E-state index in [-0.39, 0.29) is 11.5 Å². The number of amides is 1. The van der Waals surface area contributed by atoms with Crippen molar-refractivity contribution in [2.45, 2.75) is 31.7 Å². The van der Waals surface area contributed by atoms with Crippen LogP contribution in [0, 0.1) is 0 Å². The third-order valence-corrected chi connectivity index (χ3v) is 5.59. The number of aromatic nitrogens is 2. The number of fused-ring (bicyclic) bond motifs is 3. The number of hydrogen-bond donors (Lipinski definition) is 1. The van der Waals surface area contributed by atoms with Crippen LogP contribution in [0.1, 0.15) is 34.7 Å². The van der Waals surface area contributed by atoms with Crippen LogP contribution in [-0.2, 0) is 24.2 Å². The monoisotopic (exact) mass is 387 g/mol. The van der Waals surface area contributed by atoms with Crippen LogP contribution in [0.3, 0.4) is 0 Å². The van der Waals surface area contributed by atoms with E-state index in [0.29, 0.717) is 24.6 Å². The molecule has 1 N–H and O–H groups in total. The summed E-state index contributed by atoms with van der Waals surface area (Å²) in [6, 6.07) is 16.9. The molecule has 0 spiro atoms. The van der Waals surface area contributed by atoms with Crippen molar-refractivity contribution in [3.05, 3.63) is 87.3 Å². The molecule has 146 valence electrons. The number of para-hydroxylation sites is 2. The van der Waals surface area contributed by atoms with Crippen LogP contribution in [0.25, 0.3) is 0 Å². The molecule has 0 bridgehead atoms. The summed E-state index contributed by atoms with van der Waals surface area (Å²) in [6.07, 6.45) is 2.89. The minimum atomic E-state index is -0.444. The van der Waals surface area contributed by atoms with Gasteiger partial charge in [0.2, 0.25) is 5.91 Å². The highest BCUT2D eigenvalue weighted by Gasteiger charge is 2.32. The summed E-state index contributed by atoms with van der Waals surface area (Å²) >= 11 is 0. The Bertz CT molecular complexity index is 1110. The van der Waals surface area contributed by atoms with Gasteiger partial charge in [-0.2, -0.15) is 5.10 Å². The van der Waals surface area contributed by atoms with Gasteiger partial charge in [-0.25, -0.2) is 4.68 Å². The summed E-state index contributed by atoms with van der Waals surface area (Å²) in [7, 11) is 0. The van der Waals surface area contributed by atoms with Gasteiger partial charge in [0.15, 0.2) is 0 Å². The van der Waals surface area contributed by atoms with Gasteiger partial charge in [-0.15, -0.1) is 0 Å². The summed E-state index contributed by atoms with van der Waals surface area (Å²) in [5.41, 5.74) is 3.64. The second-order valence-corrected chi connectivity index (χ2v) is 7.43. The third-order valence-electron chi connectivity index (χ3n) is 5.59. The Balaban J connectivity index is 1.35. The van der Waals surface area contributed by atoms with Crippen molar-refractivity contribution in [1.29, 1.82) is 0 Å². The lowest BCUT2D eigenvalue weighted by atomic mass is 9.87. The molecule has 1 aromatic heterocycles. The fourth-order valence-electron chi connectivity index (χ4n) is 4.18. The second-order valence-electron chi connectivity index (χ2n) is 7.43. The summed E-state index contributed by atoms with van der Waals surface area (Å²) in [6.45, 7) is 0.691. The van der Waals surface area contributed by atoms with E-state index in [0.717, 1.165) is 41.6 Å². The Morgan fingerprint density at radius 2 is 1.76 bits per heavy atom. The molecule has 0 saturated carbocycles. The van der Waals surface area contributed by atoms with Crippen molar-refractivity contribution in [3.8, 4) is 11.5 Å². The molecular weight excluding hydrogens is 366 g/mol. The number of aryl methyl sites for hydroxylation is 2. The van der Waals surface area contributed by atoms with E-state index >= 15 is 0 Å². The molecule has 0 unspecified atom stereocenters. The van der Waals surface area contributed by atoms with Crippen molar-refractivity contribution in [2.75, 3.05) is 6.54 Å². The third kappa shape index (κ3) is 3.20. The van der Waals surface area contributed by atoms with E-state index < -0.39 is 5.92 Å². The lowest BCUT2D eigenvalue weighted by Gasteiger charge is -2.27. The topological polar surface area (TPSA) is 73.2 Å². The molecule has 1 amide bonds. The zero-order valence-corrected chi connectivity index (χ0v) is 15.9. The van der Waals surface area contributed by atoms with Gasteiger partial charge in [0, 0.05) is 23.7 Å². The van der Waals surface area contributed by atoms with E-state index in [1.165, 1.54) is 4.68 Å². The first-order valence-corrected chi connectivity index (χ1v) is 9.94. The molecule has 1 aliphatic carbocycles. The van der Waals surface area contributed by atoms with E-state index in [4.69, 9.17) is 4.74 Å². The van der Waals surface area contributed by atoms with Crippen molar-refractivity contribution < 1.29 is 9.53 Å². The Morgan fingerprint density at radius 1 is 1.07 bits per heavy atom. The van der Waals surface area contributed by atoms with Gasteiger partial charge >= 0.3 is 0 Å². The molecule has 0 fully saturated rings. The number of ether oxygens (including phenoxy) is 1. The molecule has 6 nitrogen and oxygen atoms in total. The number of hydrogen-bond acceptors (Lipinski definition) is 4. The highest BCUT2D eigenvalue weighted by atomic mass is 16.5. The van der Waals surface area contributed by atoms with Crippen molar-refractivity contribution in [3.63, 3.8) is 0 Å². The van der Waals surface area contributed by atoms with Gasteiger partial charge in [-0.3, -0.25) is 9.59 Å². The average molecular weight is 387 g/mol. The van der Waals surface area contributed by atoms with Crippen LogP contribution in [0.5, 0.6) is 11.5 Å². The van der Waals surface area contributed by atoms with Gasteiger partial charge < -0.3 is 10.1 Å². The van der Waals surface area contributed by atoms with Crippen LogP contribution in [-0.4, -0.2) is 22.2 Å². The summed E-state index contributed by atoms with van der Waals surface area (Å²) in [5, 5.41) is 7.45. The minimum absolute atomic E-state index is 0.109. The zero-order valence-electron chi connectivity index (χ0n) is 15.9. The highest BCUT2D eigenvalue weighted by molar-refractivity contribution is 5.89. The predicted molar refractivity (Wildman–Crippen MR) is 108 cm³/mol. The molecular formula is C23H21N3O3. The van der Waals surface area contributed by atoms with E-state index in [1.54, 1.807) is 6.07 Å². The Hall–Kier alpha value is -3.41. The zero-order chi connectivity index (χ0) is 19.8. The number of nitrogens with one attached hydrogen (secondary N) is 1. The lowest BCUT2D eigenvalue weighted by Crippen LogP contribution is -2.36. The summed E-state index contributed by atoms with van der Waals surface area (Å²) in [4.78, 5) is 25.4. The van der Waals surface area contributed by atoms with E-state index in [9.17, 15) is 9.59 Å². The lowest BCUT2D eigenvalue weighted by molar-refractivity contribution is -0.121. The molecule has 2 aliphatic rings. The number of carbonyl (C=O) groups excluding carboxylic acids is 1. The fourth-order valence-corrected chi connectivity index (χ4v) is 4.18. The molecule has 29 heavy (non-hydrogen) atoms. The van der Waals surface area contributed by atoms with E-state index in [2.05, 4.69) is 10.4 Å². The van der Waals surface area contributed by atoms with Gasteiger partial charge in [0.1, 0.15) is 11.5 Å². The molecule has 1 aliphatic heterocycles. The predicted octanol–water partition coefficient (Wildman–Crippen LogP) is 2.79. The van der Waals surface area contributed by atoms with Crippen LogP contribution in [0.2, 0.25) is 0 Å². The number of benzene rings is 2. The van der Waals surface area contributed by atoms with Gasteiger partial charge in [-0.05, 0) is 37.0 Å². The molecule has 5 rings (SSSR count). The van der Waals surface area contributed by atoms with Gasteiger partial charge in [0.25, 0.3) is 5.56 Å². The maximum absolute atomic E-state index is 13.1. The Kier molecular flexibility index (Phi) is 4.39. The van der Waals surface area contributed by atoms with Crippen molar-refractivity contribution in [1.82, 2.24) is 15.1 Å². The summed E-state index contributed by atoms with van der Waals surface area (Å²) in [5.74, 6) is 0.842. The molecule has 2 aromatic carbocycles. The molecule has 6 heteroatoms. The molecule has 0 saturated heterocycles. The number of rotatable bonds is 4. The maximum Gasteiger partial charge on any atom is 0.267 e.